The zero-order chi connectivity index (χ0) is 19.7. The van der Waals surface area contributed by atoms with E-state index in [-0.39, 0.29) is 22.5 Å². The van der Waals surface area contributed by atoms with E-state index in [1.54, 1.807) is 18.3 Å². The van der Waals surface area contributed by atoms with Gasteiger partial charge in [0.2, 0.25) is 5.91 Å². The van der Waals surface area contributed by atoms with Gasteiger partial charge < -0.3 is 15.0 Å². The zero-order valence-electron chi connectivity index (χ0n) is 14.0. The Morgan fingerprint density at radius 3 is 2.63 bits per heavy atom. The molecule has 138 valence electrons. The Hall–Kier alpha value is -2.90. The summed E-state index contributed by atoms with van der Waals surface area (Å²) in [7, 11) is 0. The fourth-order valence-electron chi connectivity index (χ4n) is 2.73. The van der Waals surface area contributed by atoms with Gasteiger partial charge in [-0.05, 0) is 24.3 Å². The molecule has 2 heterocycles. The minimum atomic E-state index is -1.36. The minimum Gasteiger partial charge on any atom is -0.477 e. The summed E-state index contributed by atoms with van der Waals surface area (Å²) in [5.74, 6) is -1.62. The molecule has 1 aromatic carbocycles. The van der Waals surface area contributed by atoms with Crippen LogP contribution in [0.5, 0.6) is 0 Å². The van der Waals surface area contributed by atoms with Crippen molar-refractivity contribution in [3.8, 4) is 0 Å². The van der Waals surface area contributed by atoms with Crippen molar-refractivity contribution in [2.45, 2.75) is 13.5 Å². The molecule has 0 aliphatic heterocycles. The highest BCUT2D eigenvalue weighted by atomic mass is 35.5. The summed E-state index contributed by atoms with van der Waals surface area (Å²) in [5.41, 5.74) is 0.0633. The number of amides is 1. The number of benzene rings is 1. The lowest BCUT2D eigenvalue weighted by molar-refractivity contribution is -0.116. The Morgan fingerprint density at radius 2 is 2.04 bits per heavy atom. The molecule has 27 heavy (non-hydrogen) atoms. The van der Waals surface area contributed by atoms with Crippen LogP contribution >= 0.6 is 23.2 Å². The van der Waals surface area contributed by atoms with Crippen LogP contribution in [0.15, 0.2) is 41.5 Å². The Morgan fingerprint density at radius 1 is 1.30 bits per heavy atom. The first-order chi connectivity index (χ1) is 12.8. The van der Waals surface area contributed by atoms with E-state index in [1.165, 1.54) is 30.2 Å². The number of carboxylic acid groups (broad SMARTS) is 1. The number of hydrogen-bond acceptors (Lipinski definition) is 4. The lowest BCUT2D eigenvalue weighted by atomic mass is 10.1. The SMILES string of the molecule is CC(=O)N(Cc1c(Cl)c(Cl)cc2cc(C(=O)O)c(=O)[nH]c12)c1cccnc1. The Bertz CT molecular complexity index is 1110. The molecule has 1 amide bonds. The van der Waals surface area contributed by atoms with Crippen LogP contribution in [0.2, 0.25) is 10.0 Å². The van der Waals surface area contributed by atoms with E-state index in [9.17, 15) is 14.4 Å². The van der Waals surface area contributed by atoms with E-state index in [1.807, 2.05) is 0 Å². The third kappa shape index (κ3) is 3.65. The van der Waals surface area contributed by atoms with Crippen LogP contribution in [0, 0.1) is 0 Å². The maximum Gasteiger partial charge on any atom is 0.341 e. The van der Waals surface area contributed by atoms with Gasteiger partial charge in [-0.3, -0.25) is 14.6 Å². The number of halogens is 2. The summed E-state index contributed by atoms with van der Waals surface area (Å²) in [6, 6.07) is 6.09. The number of aromatic amines is 1. The number of aromatic carboxylic acids is 1. The van der Waals surface area contributed by atoms with Crippen LogP contribution < -0.4 is 10.5 Å². The van der Waals surface area contributed by atoms with Gasteiger partial charge in [-0.2, -0.15) is 0 Å². The van der Waals surface area contributed by atoms with Crippen LogP contribution in [0.25, 0.3) is 10.9 Å². The predicted molar refractivity (Wildman–Crippen MR) is 103 cm³/mol. The quantitative estimate of drug-likeness (QED) is 0.691. The first-order valence-electron chi connectivity index (χ1n) is 7.75. The van der Waals surface area contributed by atoms with Crippen molar-refractivity contribution in [2.24, 2.45) is 0 Å². The fraction of sp³-hybridized carbons (Fsp3) is 0.111. The third-order valence-corrected chi connectivity index (χ3v) is 4.84. The molecule has 0 unspecified atom stereocenters. The second-order valence-electron chi connectivity index (χ2n) is 5.75. The Labute approximate surface area is 163 Å². The molecule has 7 nitrogen and oxygen atoms in total. The topological polar surface area (TPSA) is 103 Å². The molecule has 0 aliphatic rings. The van der Waals surface area contributed by atoms with E-state index < -0.39 is 17.1 Å². The number of nitrogens with zero attached hydrogens (tertiary/aromatic N) is 2. The molecule has 0 saturated heterocycles. The molecule has 2 aromatic heterocycles. The molecular formula is C18H13Cl2N3O4. The lowest BCUT2D eigenvalue weighted by Gasteiger charge is -2.22. The highest BCUT2D eigenvalue weighted by Crippen LogP contribution is 2.34. The largest absolute Gasteiger partial charge is 0.477 e. The molecule has 3 rings (SSSR count). The molecule has 0 radical (unpaired) electrons. The number of rotatable bonds is 4. The van der Waals surface area contributed by atoms with Gasteiger partial charge in [-0.25, -0.2) is 4.79 Å². The highest BCUT2D eigenvalue weighted by Gasteiger charge is 2.20. The van der Waals surface area contributed by atoms with Crippen LogP contribution in [0.1, 0.15) is 22.8 Å². The van der Waals surface area contributed by atoms with Crippen molar-refractivity contribution >= 4 is 51.7 Å². The summed E-state index contributed by atoms with van der Waals surface area (Å²) in [6.07, 6.45) is 3.10. The van der Waals surface area contributed by atoms with Crippen molar-refractivity contribution in [1.29, 1.82) is 0 Å². The van der Waals surface area contributed by atoms with Gasteiger partial charge in [-0.1, -0.05) is 23.2 Å². The summed E-state index contributed by atoms with van der Waals surface area (Å²) in [5, 5.41) is 9.88. The maximum absolute atomic E-state index is 12.2. The van der Waals surface area contributed by atoms with Crippen LogP contribution in [-0.4, -0.2) is 27.0 Å². The van der Waals surface area contributed by atoms with Gasteiger partial charge in [0.1, 0.15) is 5.56 Å². The normalized spacial score (nSPS) is 10.8. The van der Waals surface area contributed by atoms with Crippen LogP contribution in [-0.2, 0) is 11.3 Å². The second-order valence-corrected chi connectivity index (χ2v) is 6.53. The van der Waals surface area contributed by atoms with E-state index in [0.717, 1.165) is 0 Å². The minimum absolute atomic E-state index is 0.0132. The molecule has 0 aliphatic carbocycles. The van der Waals surface area contributed by atoms with Gasteiger partial charge in [0.05, 0.1) is 34.0 Å². The van der Waals surface area contributed by atoms with Gasteiger partial charge in [0.15, 0.2) is 0 Å². The number of anilines is 1. The first kappa shape index (κ1) is 18.9. The molecule has 0 fully saturated rings. The molecule has 0 bridgehead atoms. The summed E-state index contributed by atoms with van der Waals surface area (Å²) < 4.78 is 0. The number of carboxylic acids is 1. The van der Waals surface area contributed by atoms with Crippen molar-refractivity contribution in [2.75, 3.05) is 4.90 Å². The summed E-state index contributed by atoms with van der Waals surface area (Å²) in [6.45, 7) is 1.40. The number of hydrogen-bond donors (Lipinski definition) is 2. The van der Waals surface area contributed by atoms with Gasteiger partial charge in [0.25, 0.3) is 5.56 Å². The monoisotopic (exact) mass is 405 g/mol. The Balaban J connectivity index is 2.22. The molecule has 0 atom stereocenters. The lowest BCUT2D eigenvalue weighted by Crippen LogP contribution is -2.28. The molecule has 2 N–H and O–H groups in total. The average molecular weight is 406 g/mol. The second kappa shape index (κ2) is 7.38. The smallest absolute Gasteiger partial charge is 0.341 e. The summed E-state index contributed by atoms with van der Waals surface area (Å²) in [4.78, 5) is 43.5. The maximum atomic E-state index is 12.2. The third-order valence-electron chi connectivity index (χ3n) is 4.01. The zero-order valence-corrected chi connectivity index (χ0v) is 15.5. The van der Waals surface area contributed by atoms with Gasteiger partial charge in [-0.15, -0.1) is 0 Å². The summed E-state index contributed by atoms with van der Waals surface area (Å²) >= 11 is 12.5. The van der Waals surface area contributed by atoms with Gasteiger partial charge in [0, 0.05) is 24.1 Å². The van der Waals surface area contributed by atoms with E-state index in [0.29, 0.717) is 22.2 Å². The van der Waals surface area contributed by atoms with Crippen molar-refractivity contribution in [3.63, 3.8) is 0 Å². The number of carbonyl (C=O) groups excluding carboxylic acids is 1. The van der Waals surface area contributed by atoms with E-state index >= 15 is 0 Å². The number of nitrogens with one attached hydrogen (secondary N) is 1. The van der Waals surface area contributed by atoms with Crippen molar-refractivity contribution in [1.82, 2.24) is 9.97 Å². The van der Waals surface area contributed by atoms with E-state index in [4.69, 9.17) is 28.3 Å². The van der Waals surface area contributed by atoms with Crippen LogP contribution in [0.3, 0.4) is 0 Å². The van der Waals surface area contributed by atoms with Crippen LogP contribution in [0.4, 0.5) is 5.69 Å². The fourth-order valence-corrected chi connectivity index (χ4v) is 3.17. The number of fused-ring (bicyclic) bond motifs is 1. The molecule has 0 spiro atoms. The average Bonchev–Trinajstić information content (AvgIpc) is 2.62. The van der Waals surface area contributed by atoms with Crippen molar-refractivity contribution in [3.05, 3.63) is 68.2 Å². The number of carbonyl (C=O) groups is 2. The number of aromatic nitrogens is 2. The molecule has 9 heteroatoms. The Kier molecular flexibility index (Phi) is 5.16. The van der Waals surface area contributed by atoms with Gasteiger partial charge >= 0.3 is 5.97 Å². The molecule has 3 aromatic rings. The van der Waals surface area contributed by atoms with E-state index in [2.05, 4.69) is 9.97 Å². The standard InChI is InChI=1S/C18H13Cl2N3O4/c1-9(24)23(11-3-2-4-21-7-11)8-13-15(20)14(19)6-10-5-12(18(26)27)17(25)22-16(10)13/h2-7H,8H2,1H3,(H,22,25)(H,26,27). The first-order valence-corrected chi connectivity index (χ1v) is 8.50. The number of pyridine rings is 2. The molecule has 0 saturated carbocycles. The predicted octanol–water partition coefficient (Wildman–Crippen LogP) is 3.48. The number of H-pyrrole nitrogens is 1. The highest BCUT2D eigenvalue weighted by molar-refractivity contribution is 6.43. The van der Waals surface area contributed by atoms with Crippen molar-refractivity contribution < 1.29 is 14.7 Å². The molecular weight excluding hydrogens is 393 g/mol.